The molecule has 2 aromatic heterocycles. The number of anilines is 3. The summed E-state index contributed by atoms with van der Waals surface area (Å²) in [5.41, 5.74) is 13.0. The van der Waals surface area contributed by atoms with Crippen molar-refractivity contribution < 1.29 is 0 Å². The Morgan fingerprint density at radius 3 is 1.73 bits per heavy atom. The predicted molar refractivity (Wildman–Crippen MR) is 238 cm³/mol. The molecule has 11 aromatic rings. The highest BCUT2D eigenvalue weighted by molar-refractivity contribution is 6.30. The molecule has 0 fully saturated rings. The number of hydrogen-bond acceptors (Lipinski definition) is 1. The van der Waals surface area contributed by atoms with Crippen LogP contribution in [0.25, 0.3) is 82.1 Å². The van der Waals surface area contributed by atoms with E-state index in [0.29, 0.717) is 0 Å². The van der Waals surface area contributed by atoms with E-state index in [4.69, 9.17) is 0 Å². The fourth-order valence-electron chi connectivity index (χ4n) is 8.74. The monoisotopic (exact) mass is 712 g/mol. The Balaban J connectivity index is 1.12. The van der Waals surface area contributed by atoms with Gasteiger partial charge in [-0.3, -0.25) is 0 Å². The molecule has 2 nitrogen and oxygen atoms in total. The van der Waals surface area contributed by atoms with Crippen LogP contribution in [0.5, 0.6) is 0 Å². The fraction of sp³-hybridized carbons (Fsp3) is 0. The standard InChI is InChI=1S/C54H36N2/c1-3-14-37(15-4-1)39-25-29-44(30-26-39)56(46-31-27-38-16-7-8-19-41(38)34-46)45-21-13-20-42(35-45)43-28-32-48-47-22-9-10-23-49(47)54-53(50(48)36-43)52(40-17-5-2-6-18-40)51-24-11-12-33-55(51)54/h1-36H. The number of hydrogen-bond donors (Lipinski definition) is 0. The van der Waals surface area contributed by atoms with E-state index in [9.17, 15) is 0 Å². The van der Waals surface area contributed by atoms with Gasteiger partial charge in [-0.25, -0.2) is 0 Å². The van der Waals surface area contributed by atoms with Crippen LogP contribution in [0.1, 0.15) is 0 Å². The lowest BCUT2D eigenvalue weighted by atomic mass is 9.91. The van der Waals surface area contributed by atoms with Crippen molar-refractivity contribution >= 4 is 65.8 Å². The first kappa shape index (κ1) is 32.0. The van der Waals surface area contributed by atoms with E-state index in [-0.39, 0.29) is 0 Å². The number of rotatable bonds is 6. The van der Waals surface area contributed by atoms with Gasteiger partial charge >= 0.3 is 0 Å². The van der Waals surface area contributed by atoms with Crippen LogP contribution in [-0.2, 0) is 0 Å². The number of aromatic nitrogens is 1. The van der Waals surface area contributed by atoms with Gasteiger partial charge in [0.25, 0.3) is 0 Å². The van der Waals surface area contributed by atoms with E-state index in [2.05, 4.69) is 228 Å². The van der Waals surface area contributed by atoms with Crippen LogP contribution >= 0.6 is 0 Å². The predicted octanol–water partition coefficient (Wildman–Crippen LogP) is 15.0. The second-order valence-corrected chi connectivity index (χ2v) is 14.6. The minimum absolute atomic E-state index is 1.11. The van der Waals surface area contributed by atoms with Crippen molar-refractivity contribution in [2.45, 2.75) is 0 Å². The van der Waals surface area contributed by atoms with Crippen molar-refractivity contribution in [2.75, 3.05) is 4.90 Å². The molecular formula is C54H36N2. The largest absolute Gasteiger partial charge is 0.315 e. The number of pyridine rings is 1. The van der Waals surface area contributed by atoms with Gasteiger partial charge in [-0.05, 0) is 109 Å². The summed E-state index contributed by atoms with van der Waals surface area (Å²) in [5, 5.41) is 8.77. The van der Waals surface area contributed by atoms with Gasteiger partial charge in [-0.2, -0.15) is 0 Å². The summed E-state index contributed by atoms with van der Waals surface area (Å²) < 4.78 is 2.39. The summed E-state index contributed by atoms with van der Waals surface area (Å²) in [6.07, 6.45) is 2.21. The van der Waals surface area contributed by atoms with Gasteiger partial charge in [0.15, 0.2) is 0 Å². The fourth-order valence-corrected chi connectivity index (χ4v) is 8.74. The molecule has 2 heteroatoms. The van der Waals surface area contributed by atoms with Gasteiger partial charge in [-0.15, -0.1) is 0 Å². The summed E-state index contributed by atoms with van der Waals surface area (Å²) in [6.45, 7) is 0. The van der Waals surface area contributed by atoms with E-state index in [0.717, 1.165) is 17.1 Å². The summed E-state index contributed by atoms with van der Waals surface area (Å²) in [5.74, 6) is 0. The lowest BCUT2D eigenvalue weighted by Gasteiger charge is -2.26. The molecule has 0 atom stereocenters. The van der Waals surface area contributed by atoms with Gasteiger partial charge < -0.3 is 9.30 Å². The molecule has 9 aromatic carbocycles. The van der Waals surface area contributed by atoms with Gasteiger partial charge in [0.2, 0.25) is 0 Å². The molecule has 0 N–H and O–H groups in total. The van der Waals surface area contributed by atoms with E-state index in [1.807, 2.05) is 0 Å². The van der Waals surface area contributed by atoms with Crippen LogP contribution in [-0.4, -0.2) is 4.40 Å². The van der Waals surface area contributed by atoms with Crippen LogP contribution in [0.3, 0.4) is 0 Å². The Hall–Kier alpha value is -7.42. The Kier molecular flexibility index (Phi) is 7.53. The average molecular weight is 713 g/mol. The molecule has 0 spiro atoms. The van der Waals surface area contributed by atoms with E-state index in [1.165, 1.54) is 82.1 Å². The van der Waals surface area contributed by atoms with Crippen LogP contribution in [0.2, 0.25) is 0 Å². The van der Waals surface area contributed by atoms with Gasteiger partial charge in [0.05, 0.1) is 11.0 Å². The Labute approximate surface area is 325 Å². The molecule has 0 aliphatic heterocycles. The SMILES string of the molecule is c1ccc(-c2ccc(N(c3cccc(-c4ccc5c6ccccc6c6c(c(-c7ccccc7)c7ccccn76)c5c4)c3)c3ccc4ccccc4c3)cc2)cc1. The van der Waals surface area contributed by atoms with Gasteiger partial charge in [0, 0.05) is 39.6 Å². The lowest BCUT2D eigenvalue weighted by Crippen LogP contribution is -2.10. The second-order valence-electron chi connectivity index (χ2n) is 14.6. The molecule has 11 rings (SSSR count). The van der Waals surface area contributed by atoms with Gasteiger partial charge in [-0.1, -0.05) is 158 Å². The van der Waals surface area contributed by atoms with Crippen LogP contribution in [0.4, 0.5) is 17.1 Å². The zero-order valence-electron chi connectivity index (χ0n) is 30.7. The Morgan fingerprint density at radius 2 is 0.911 bits per heavy atom. The third-order valence-electron chi connectivity index (χ3n) is 11.3. The molecule has 56 heavy (non-hydrogen) atoms. The maximum Gasteiger partial charge on any atom is 0.0620 e. The summed E-state index contributed by atoms with van der Waals surface area (Å²) >= 11 is 0. The molecule has 2 heterocycles. The zero-order valence-corrected chi connectivity index (χ0v) is 30.7. The Morgan fingerprint density at radius 1 is 0.321 bits per heavy atom. The van der Waals surface area contributed by atoms with E-state index >= 15 is 0 Å². The lowest BCUT2D eigenvalue weighted by molar-refractivity contribution is 1.26. The van der Waals surface area contributed by atoms with Crippen molar-refractivity contribution in [3.8, 4) is 33.4 Å². The molecule has 0 radical (unpaired) electrons. The molecule has 0 bridgehead atoms. The quantitative estimate of drug-likeness (QED) is 0.156. The highest BCUT2D eigenvalue weighted by atomic mass is 15.1. The van der Waals surface area contributed by atoms with E-state index < -0.39 is 0 Å². The number of benzene rings is 9. The summed E-state index contributed by atoms with van der Waals surface area (Å²) in [7, 11) is 0. The molecule has 0 aliphatic rings. The molecule has 0 aliphatic carbocycles. The average Bonchev–Trinajstić information content (AvgIpc) is 3.63. The maximum atomic E-state index is 2.42. The summed E-state index contributed by atoms with van der Waals surface area (Å²) in [6, 6.07) is 77.2. The third kappa shape index (κ3) is 5.26. The first-order valence-corrected chi connectivity index (χ1v) is 19.3. The topological polar surface area (TPSA) is 7.65 Å². The number of nitrogens with zero attached hydrogens (tertiary/aromatic N) is 2. The minimum atomic E-state index is 1.11. The van der Waals surface area contributed by atoms with Gasteiger partial charge in [0.1, 0.15) is 0 Å². The van der Waals surface area contributed by atoms with Crippen molar-refractivity contribution in [1.82, 2.24) is 4.40 Å². The Bertz CT molecular complexity index is 3230. The minimum Gasteiger partial charge on any atom is -0.315 e. The van der Waals surface area contributed by atoms with Crippen molar-refractivity contribution in [3.05, 3.63) is 219 Å². The first-order chi connectivity index (χ1) is 27.8. The normalized spacial score (nSPS) is 11.6. The summed E-state index contributed by atoms with van der Waals surface area (Å²) in [4.78, 5) is 2.38. The first-order valence-electron chi connectivity index (χ1n) is 19.3. The molecule has 0 amide bonds. The zero-order chi connectivity index (χ0) is 37.0. The van der Waals surface area contributed by atoms with Crippen molar-refractivity contribution in [2.24, 2.45) is 0 Å². The molecule has 0 saturated carbocycles. The smallest absolute Gasteiger partial charge is 0.0620 e. The van der Waals surface area contributed by atoms with Crippen LogP contribution < -0.4 is 4.90 Å². The number of fused-ring (bicyclic) bond motifs is 9. The van der Waals surface area contributed by atoms with Crippen molar-refractivity contribution in [1.29, 1.82) is 0 Å². The van der Waals surface area contributed by atoms with Crippen LogP contribution in [0, 0.1) is 0 Å². The third-order valence-corrected chi connectivity index (χ3v) is 11.3. The molecule has 262 valence electrons. The van der Waals surface area contributed by atoms with E-state index in [1.54, 1.807) is 0 Å². The molecular weight excluding hydrogens is 677 g/mol. The highest BCUT2D eigenvalue weighted by Gasteiger charge is 2.21. The highest BCUT2D eigenvalue weighted by Crippen LogP contribution is 2.45. The second kappa shape index (κ2) is 13.2. The molecule has 0 unspecified atom stereocenters. The van der Waals surface area contributed by atoms with Crippen molar-refractivity contribution in [3.63, 3.8) is 0 Å². The molecule has 0 saturated heterocycles. The van der Waals surface area contributed by atoms with Crippen LogP contribution in [0.15, 0.2) is 219 Å². The maximum absolute atomic E-state index is 2.42.